The predicted octanol–water partition coefficient (Wildman–Crippen LogP) is 1.24. The minimum atomic E-state index is -0.883. The molecule has 0 saturated carbocycles. The number of amides is 2. The molecule has 0 aliphatic heterocycles. The molecule has 2 aromatic rings. The Hall–Kier alpha value is -3.53. The zero-order valence-electron chi connectivity index (χ0n) is 12.1. The molecular formula is C16H13N5O2. The van der Waals surface area contributed by atoms with Crippen molar-refractivity contribution < 1.29 is 9.59 Å². The summed E-state index contributed by atoms with van der Waals surface area (Å²) >= 11 is 0. The molecule has 0 saturated heterocycles. The molecule has 0 aliphatic carbocycles. The minimum Gasteiger partial charge on any atom is -0.318 e. The molecule has 1 heterocycles. The normalized spacial score (nSPS) is 10.0. The molecule has 0 bridgehead atoms. The van der Waals surface area contributed by atoms with Crippen molar-refractivity contribution in [3.05, 3.63) is 59.9 Å². The second-order valence-corrected chi connectivity index (χ2v) is 4.47. The van der Waals surface area contributed by atoms with Crippen LogP contribution in [0, 0.1) is 11.3 Å². The van der Waals surface area contributed by atoms with E-state index >= 15 is 0 Å². The van der Waals surface area contributed by atoms with E-state index in [1.165, 1.54) is 6.21 Å². The smallest absolute Gasteiger partial charge is 0.318 e. The van der Waals surface area contributed by atoms with Crippen LogP contribution < -0.4 is 10.7 Å². The van der Waals surface area contributed by atoms with Crippen LogP contribution in [0.3, 0.4) is 0 Å². The van der Waals surface area contributed by atoms with Gasteiger partial charge in [-0.05, 0) is 23.8 Å². The first-order valence-electron chi connectivity index (χ1n) is 6.69. The van der Waals surface area contributed by atoms with Gasteiger partial charge < -0.3 is 5.32 Å². The molecule has 7 nitrogen and oxygen atoms in total. The predicted molar refractivity (Wildman–Crippen MR) is 84.4 cm³/mol. The van der Waals surface area contributed by atoms with E-state index < -0.39 is 11.8 Å². The fraction of sp³-hybridized carbons (Fsp3) is 0.0625. The number of pyridine rings is 1. The van der Waals surface area contributed by atoms with Crippen LogP contribution in [-0.2, 0) is 16.0 Å². The van der Waals surface area contributed by atoms with Crippen molar-refractivity contribution in [2.45, 2.75) is 6.42 Å². The van der Waals surface area contributed by atoms with Crippen molar-refractivity contribution in [3.8, 4) is 6.07 Å². The number of carbonyl (C=O) groups excluding carboxylic acids is 2. The van der Waals surface area contributed by atoms with Crippen molar-refractivity contribution in [2.24, 2.45) is 5.10 Å². The van der Waals surface area contributed by atoms with Crippen molar-refractivity contribution in [1.29, 1.82) is 5.26 Å². The van der Waals surface area contributed by atoms with Gasteiger partial charge in [-0.3, -0.25) is 14.6 Å². The van der Waals surface area contributed by atoms with Crippen LogP contribution in [0.2, 0.25) is 0 Å². The fourth-order valence-corrected chi connectivity index (χ4v) is 1.65. The second-order valence-electron chi connectivity index (χ2n) is 4.47. The van der Waals surface area contributed by atoms with Crippen molar-refractivity contribution in [2.75, 3.05) is 5.32 Å². The quantitative estimate of drug-likeness (QED) is 0.503. The summed E-state index contributed by atoms with van der Waals surface area (Å²) in [5.74, 6) is -1.72. The highest BCUT2D eigenvalue weighted by Crippen LogP contribution is 2.09. The van der Waals surface area contributed by atoms with Gasteiger partial charge in [-0.25, -0.2) is 5.43 Å². The second kappa shape index (κ2) is 8.05. The SMILES string of the molecule is N#CCc1ccc(NC(=O)C(=O)N/N=C\c2cccnc2)cc1. The van der Waals surface area contributed by atoms with Gasteiger partial charge in [-0.2, -0.15) is 10.4 Å². The van der Waals surface area contributed by atoms with Gasteiger partial charge in [0.2, 0.25) is 0 Å². The van der Waals surface area contributed by atoms with Gasteiger partial charge in [0.15, 0.2) is 0 Å². The molecule has 1 aromatic carbocycles. The molecular weight excluding hydrogens is 294 g/mol. The first-order chi connectivity index (χ1) is 11.2. The van der Waals surface area contributed by atoms with Crippen LogP contribution >= 0.6 is 0 Å². The Bertz CT molecular complexity index is 748. The van der Waals surface area contributed by atoms with E-state index in [9.17, 15) is 9.59 Å². The molecule has 1 aromatic heterocycles. The number of benzene rings is 1. The van der Waals surface area contributed by atoms with Gasteiger partial charge in [0.25, 0.3) is 0 Å². The topological polar surface area (TPSA) is 107 Å². The maximum absolute atomic E-state index is 11.7. The number of hydrazone groups is 1. The lowest BCUT2D eigenvalue weighted by Gasteiger charge is -2.04. The lowest BCUT2D eigenvalue weighted by molar-refractivity contribution is -0.136. The van der Waals surface area contributed by atoms with E-state index in [4.69, 9.17) is 5.26 Å². The maximum atomic E-state index is 11.7. The summed E-state index contributed by atoms with van der Waals surface area (Å²) in [6.45, 7) is 0. The van der Waals surface area contributed by atoms with E-state index in [1.807, 2.05) is 6.07 Å². The number of nitriles is 1. The number of nitrogens with zero attached hydrogens (tertiary/aromatic N) is 3. The molecule has 0 unspecified atom stereocenters. The molecule has 0 fully saturated rings. The average Bonchev–Trinajstić information content (AvgIpc) is 2.57. The van der Waals surface area contributed by atoms with Gasteiger partial charge in [0.1, 0.15) is 0 Å². The Morgan fingerprint density at radius 1 is 1.22 bits per heavy atom. The average molecular weight is 307 g/mol. The van der Waals surface area contributed by atoms with Crippen molar-refractivity contribution >= 4 is 23.7 Å². The monoisotopic (exact) mass is 307 g/mol. The number of nitrogens with one attached hydrogen (secondary N) is 2. The number of anilines is 1. The highest BCUT2D eigenvalue weighted by Gasteiger charge is 2.12. The third kappa shape index (κ3) is 5.06. The van der Waals surface area contributed by atoms with Gasteiger partial charge in [0.05, 0.1) is 18.7 Å². The Balaban J connectivity index is 1.86. The third-order valence-corrected chi connectivity index (χ3v) is 2.77. The largest absolute Gasteiger partial charge is 0.329 e. The number of rotatable bonds is 4. The van der Waals surface area contributed by atoms with E-state index in [1.54, 1.807) is 48.8 Å². The summed E-state index contributed by atoms with van der Waals surface area (Å²) in [6.07, 6.45) is 4.86. The molecule has 23 heavy (non-hydrogen) atoms. The minimum absolute atomic E-state index is 0.289. The summed E-state index contributed by atoms with van der Waals surface area (Å²) in [5.41, 5.74) is 4.12. The molecule has 7 heteroatoms. The van der Waals surface area contributed by atoms with Crippen molar-refractivity contribution in [1.82, 2.24) is 10.4 Å². The molecule has 2 rings (SSSR count). The van der Waals surface area contributed by atoms with Crippen LogP contribution in [0.5, 0.6) is 0 Å². The lowest BCUT2D eigenvalue weighted by atomic mass is 10.1. The van der Waals surface area contributed by atoms with Crippen LogP contribution in [-0.4, -0.2) is 23.0 Å². The first-order valence-corrected chi connectivity index (χ1v) is 6.69. The van der Waals surface area contributed by atoms with Crippen LogP contribution in [0.25, 0.3) is 0 Å². The molecule has 2 N–H and O–H groups in total. The zero-order chi connectivity index (χ0) is 16.5. The highest BCUT2D eigenvalue weighted by molar-refractivity contribution is 6.39. The van der Waals surface area contributed by atoms with E-state index in [2.05, 4.69) is 20.8 Å². The molecule has 2 amide bonds. The summed E-state index contributed by atoms with van der Waals surface area (Å²) in [6, 6.07) is 12.2. The lowest BCUT2D eigenvalue weighted by Crippen LogP contribution is -2.32. The first kappa shape index (κ1) is 15.9. The van der Waals surface area contributed by atoms with Crippen LogP contribution in [0.4, 0.5) is 5.69 Å². The molecule has 0 atom stereocenters. The van der Waals surface area contributed by atoms with E-state index in [-0.39, 0.29) is 6.42 Å². The number of hydrogen-bond acceptors (Lipinski definition) is 5. The highest BCUT2D eigenvalue weighted by atomic mass is 16.2. The third-order valence-electron chi connectivity index (χ3n) is 2.77. The maximum Gasteiger partial charge on any atom is 0.329 e. The van der Waals surface area contributed by atoms with E-state index in [0.717, 1.165) is 5.56 Å². The Morgan fingerprint density at radius 3 is 2.65 bits per heavy atom. The fourth-order valence-electron chi connectivity index (χ4n) is 1.65. The van der Waals surface area contributed by atoms with Crippen molar-refractivity contribution in [3.63, 3.8) is 0 Å². The number of carbonyl (C=O) groups is 2. The molecule has 114 valence electrons. The van der Waals surface area contributed by atoms with E-state index in [0.29, 0.717) is 11.3 Å². The molecule has 0 spiro atoms. The summed E-state index contributed by atoms with van der Waals surface area (Å²) in [4.78, 5) is 27.2. The molecule has 0 radical (unpaired) electrons. The summed E-state index contributed by atoms with van der Waals surface area (Å²) < 4.78 is 0. The van der Waals surface area contributed by atoms with Crippen LogP contribution in [0.1, 0.15) is 11.1 Å². The number of aromatic nitrogens is 1. The summed E-state index contributed by atoms with van der Waals surface area (Å²) in [5, 5.41) is 14.7. The summed E-state index contributed by atoms with van der Waals surface area (Å²) in [7, 11) is 0. The van der Waals surface area contributed by atoms with Gasteiger partial charge >= 0.3 is 11.8 Å². The zero-order valence-corrected chi connectivity index (χ0v) is 12.1. The Labute approximate surface area is 132 Å². The van der Waals surface area contributed by atoms with Gasteiger partial charge in [-0.15, -0.1) is 0 Å². The standard InChI is InChI=1S/C16H13N5O2/c17-8-7-12-3-5-14(6-4-12)20-15(22)16(23)21-19-11-13-2-1-9-18-10-13/h1-6,9-11H,7H2,(H,20,22)(H,21,23)/b19-11-. The molecule has 0 aliphatic rings. The number of hydrogen-bond donors (Lipinski definition) is 2. The Kier molecular flexibility index (Phi) is 5.54. The van der Waals surface area contributed by atoms with Gasteiger partial charge in [0, 0.05) is 23.6 Å². The Morgan fingerprint density at radius 2 is 2.00 bits per heavy atom. The van der Waals surface area contributed by atoms with Crippen LogP contribution in [0.15, 0.2) is 53.9 Å². The van der Waals surface area contributed by atoms with Gasteiger partial charge in [-0.1, -0.05) is 18.2 Å².